The number of nitrogens with one attached hydrogen (secondary N) is 1. The summed E-state index contributed by atoms with van der Waals surface area (Å²) in [6.45, 7) is 8.91. The zero-order chi connectivity index (χ0) is 13.9. The molecule has 0 spiro atoms. The molecule has 1 saturated carbocycles. The highest BCUT2D eigenvalue weighted by molar-refractivity contribution is 4.93. The van der Waals surface area contributed by atoms with Crippen LogP contribution >= 0.6 is 0 Å². The Bertz CT molecular complexity index is 267. The van der Waals surface area contributed by atoms with Gasteiger partial charge in [-0.05, 0) is 30.7 Å². The van der Waals surface area contributed by atoms with E-state index in [1.54, 1.807) is 0 Å². The predicted molar refractivity (Wildman–Crippen MR) is 77.1 cm³/mol. The molecule has 2 unspecified atom stereocenters. The van der Waals surface area contributed by atoms with Gasteiger partial charge in [-0.15, -0.1) is 0 Å². The maximum Gasteiger partial charge on any atom is 0.0938 e. The normalized spacial score (nSPS) is 31.4. The molecule has 19 heavy (non-hydrogen) atoms. The van der Waals surface area contributed by atoms with E-state index in [9.17, 15) is 10.2 Å². The minimum Gasteiger partial charge on any atom is -0.389 e. The van der Waals surface area contributed by atoms with Crippen molar-refractivity contribution in [2.24, 2.45) is 11.3 Å². The van der Waals surface area contributed by atoms with Gasteiger partial charge >= 0.3 is 0 Å². The summed E-state index contributed by atoms with van der Waals surface area (Å²) in [5.74, 6) is 0.689. The van der Waals surface area contributed by atoms with Gasteiger partial charge in [-0.3, -0.25) is 4.90 Å². The largest absolute Gasteiger partial charge is 0.389 e. The van der Waals surface area contributed by atoms with Gasteiger partial charge in [0.15, 0.2) is 0 Å². The Balaban J connectivity index is 1.85. The molecule has 3 N–H and O–H groups in total. The molecule has 0 aromatic carbocycles. The lowest BCUT2D eigenvalue weighted by Crippen LogP contribution is -2.43. The Kier molecular flexibility index (Phi) is 5.23. The van der Waals surface area contributed by atoms with E-state index in [0.717, 1.165) is 19.6 Å². The molecule has 2 aliphatic rings. The Hall–Kier alpha value is -0.160. The van der Waals surface area contributed by atoms with Crippen LogP contribution in [0.25, 0.3) is 0 Å². The smallest absolute Gasteiger partial charge is 0.0938 e. The summed E-state index contributed by atoms with van der Waals surface area (Å²) in [5.41, 5.74) is 0.360. The van der Waals surface area contributed by atoms with Gasteiger partial charge in [0.2, 0.25) is 0 Å². The molecule has 112 valence electrons. The van der Waals surface area contributed by atoms with Crippen LogP contribution in [0.5, 0.6) is 0 Å². The van der Waals surface area contributed by atoms with Crippen molar-refractivity contribution in [3.63, 3.8) is 0 Å². The van der Waals surface area contributed by atoms with Crippen LogP contribution in [-0.2, 0) is 0 Å². The molecule has 1 aliphatic carbocycles. The molecular weight excluding hydrogens is 240 g/mol. The average Bonchev–Trinajstić information content (AvgIpc) is 2.88. The van der Waals surface area contributed by atoms with E-state index in [0.29, 0.717) is 24.4 Å². The van der Waals surface area contributed by atoms with E-state index in [4.69, 9.17) is 0 Å². The van der Waals surface area contributed by atoms with Gasteiger partial charge in [-0.25, -0.2) is 0 Å². The Morgan fingerprint density at radius 2 is 1.74 bits per heavy atom. The molecule has 0 aromatic rings. The number of aliphatic hydroxyl groups excluding tert-OH is 2. The summed E-state index contributed by atoms with van der Waals surface area (Å²) in [5, 5.41) is 22.9. The zero-order valence-electron chi connectivity index (χ0n) is 12.4. The van der Waals surface area contributed by atoms with Crippen molar-refractivity contribution in [1.82, 2.24) is 10.2 Å². The number of rotatable bonds is 6. The maximum atomic E-state index is 9.67. The first kappa shape index (κ1) is 15.2. The van der Waals surface area contributed by atoms with E-state index >= 15 is 0 Å². The molecule has 4 heteroatoms. The molecule has 0 amide bonds. The Labute approximate surface area is 117 Å². The number of aliphatic hydroxyl groups is 2. The first-order valence-electron chi connectivity index (χ1n) is 7.80. The van der Waals surface area contributed by atoms with Crippen molar-refractivity contribution in [3.05, 3.63) is 0 Å². The van der Waals surface area contributed by atoms with Crippen LogP contribution in [0.2, 0.25) is 0 Å². The second-order valence-electron chi connectivity index (χ2n) is 7.06. The third-order valence-electron chi connectivity index (χ3n) is 4.61. The third-order valence-corrected chi connectivity index (χ3v) is 4.61. The van der Waals surface area contributed by atoms with Crippen molar-refractivity contribution in [1.29, 1.82) is 0 Å². The summed E-state index contributed by atoms with van der Waals surface area (Å²) in [4.78, 5) is 2.25. The number of hydrogen-bond acceptors (Lipinski definition) is 4. The van der Waals surface area contributed by atoms with Crippen LogP contribution in [0.1, 0.15) is 39.5 Å². The summed E-state index contributed by atoms with van der Waals surface area (Å²) < 4.78 is 0. The van der Waals surface area contributed by atoms with Gasteiger partial charge < -0.3 is 15.5 Å². The van der Waals surface area contributed by atoms with Crippen LogP contribution in [0, 0.1) is 11.3 Å². The SMILES string of the molecule is CC(C)CNCC1(CN2CC(O)C(O)C2)CCCC1. The minimum atomic E-state index is -0.554. The van der Waals surface area contributed by atoms with Gasteiger partial charge in [-0.1, -0.05) is 26.7 Å². The number of β-amino-alcohol motifs (C(OH)–C–C–N with tert-alkyl or cyclic N) is 2. The fraction of sp³-hybridized carbons (Fsp3) is 1.00. The second-order valence-corrected chi connectivity index (χ2v) is 7.06. The van der Waals surface area contributed by atoms with E-state index in [1.165, 1.54) is 25.7 Å². The number of likely N-dealkylation sites (tertiary alicyclic amines) is 1. The van der Waals surface area contributed by atoms with E-state index in [2.05, 4.69) is 24.1 Å². The summed E-state index contributed by atoms with van der Waals surface area (Å²) >= 11 is 0. The monoisotopic (exact) mass is 270 g/mol. The van der Waals surface area contributed by atoms with E-state index < -0.39 is 12.2 Å². The van der Waals surface area contributed by atoms with Crippen LogP contribution < -0.4 is 5.32 Å². The molecule has 4 nitrogen and oxygen atoms in total. The number of hydrogen-bond donors (Lipinski definition) is 3. The minimum absolute atomic E-state index is 0.360. The van der Waals surface area contributed by atoms with Gasteiger partial charge in [0.25, 0.3) is 0 Å². The molecule has 0 aromatic heterocycles. The van der Waals surface area contributed by atoms with Gasteiger partial charge in [-0.2, -0.15) is 0 Å². The van der Waals surface area contributed by atoms with Crippen molar-refractivity contribution in [2.45, 2.75) is 51.7 Å². The Morgan fingerprint density at radius 3 is 2.26 bits per heavy atom. The molecule has 1 saturated heterocycles. The van der Waals surface area contributed by atoms with Crippen LogP contribution in [-0.4, -0.2) is 60.0 Å². The lowest BCUT2D eigenvalue weighted by molar-refractivity contribution is 0.0572. The van der Waals surface area contributed by atoms with Crippen molar-refractivity contribution in [2.75, 3.05) is 32.7 Å². The molecule has 1 heterocycles. The second kappa shape index (κ2) is 6.53. The first-order chi connectivity index (χ1) is 9.01. The molecule has 1 aliphatic heterocycles. The quantitative estimate of drug-likeness (QED) is 0.669. The highest BCUT2D eigenvalue weighted by Crippen LogP contribution is 2.39. The average molecular weight is 270 g/mol. The molecular formula is C15H30N2O2. The van der Waals surface area contributed by atoms with Crippen molar-refractivity contribution in [3.8, 4) is 0 Å². The van der Waals surface area contributed by atoms with Crippen molar-refractivity contribution < 1.29 is 10.2 Å². The summed E-state index contributed by atoms with van der Waals surface area (Å²) in [7, 11) is 0. The van der Waals surface area contributed by atoms with Crippen LogP contribution in [0.15, 0.2) is 0 Å². The topological polar surface area (TPSA) is 55.7 Å². The molecule has 0 bridgehead atoms. The predicted octanol–water partition coefficient (Wildman–Crippen LogP) is 0.830. The highest BCUT2D eigenvalue weighted by Gasteiger charge is 2.39. The number of nitrogens with zero attached hydrogens (tertiary/aromatic N) is 1. The molecule has 2 rings (SSSR count). The maximum absolute atomic E-state index is 9.67. The lowest BCUT2D eigenvalue weighted by atomic mass is 9.85. The zero-order valence-corrected chi connectivity index (χ0v) is 12.4. The van der Waals surface area contributed by atoms with Gasteiger partial charge in [0, 0.05) is 26.2 Å². The van der Waals surface area contributed by atoms with Crippen molar-refractivity contribution >= 4 is 0 Å². The van der Waals surface area contributed by atoms with Gasteiger partial charge in [0.05, 0.1) is 12.2 Å². The molecule has 2 fully saturated rings. The fourth-order valence-corrected chi connectivity index (χ4v) is 3.59. The molecule has 2 atom stereocenters. The highest BCUT2D eigenvalue weighted by atomic mass is 16.3. The van der Waals surface area contributed by atoms with Crippen LogP contribution in [0.4, 0.5) is 0 Å². The molecule has 0 radical (unpaired) electrons. The van der Waals surface area contributed by atoms with Gasteiger partial charge in [0.1, 0.15) is 0 Å². The fourth-order valence-electron chi connectivity index (χ4n) is 3.59. The van der Waals surface area contributed by atoms with Crippen LogP contribution in [0.3, 0.4) is 0 Å². The standard InChI is InChI=1S/C15H30N2O2/c1-12(2)7-16-10-15(5-3-4-6-15)11-17-8-13(18)14(19)9-17/h12-14,16,18-19H,3-11H2,1-2H3. The summed E-state index contributed by atoms with van der Waals surface area (Å²) in [6, 6.07) is 0. The third kappa shape index (κ3) is 4.15. The lowest BCUT2D eigenvalue weighted by Gasteiger charge is -2.34. The van der Waals surface area contributed by atoms with E-state index in [-0.39, 0.29) is 0 Å². The first-order valence-corrected chi connectivity index (χ1v) is 7.80. The van der Waals surface area contributed by atoms with E-state index in [1.807, 2.05) is 0 Å². The summed E-state index contributed by atoms with van der Waals surface area (Å²) in [6.07, 6.45) is 4.09. The Morgan fingerprint density at radius 1 is 1.16 bits per heavy atom.